The standard InChI is InChI=1S/C19H18ClNO3/c1-11-6-7-15(12(2)8-11)21-17(22)9-13-10-18(23)24-16-5-3-4-14(20)19(13)16/h3-8,13H,9-10H2,1-2H3,(H,21,22)/t13-/m0/s1. The van der Waals surface area contributed by atoms with Gasteiger partial charge in [0.25, 0.3) is 0 Å². The second-order valence-electron chi connectivity index (χ2n) is 6.10. The van der Waals surface area contributed by atoms with E-state index in [4.69, 9.17) is 16.3 Å². The van der Waals surface area contributed by atoms with Crippen molar-refractivity contribution >= 4 is 29.2 Å². The zero-order valence-corrected chi connectivity index (χ0v) is 14.3. The van der Waals surface area contributed by atoms with E-state index in [1.54, 1.807) is 18.2 Å². The minimum absolute atomic E-state index is 0.146. The lowest BCUT2D eigenvalue weighted by Crippen LogP contribution is -2.24. The van der Waals surface area contributed by atoms with Gasteiger partial charge in [0.05, 0.1) is 6.42 Å². The van der Waals surface area contributed by atoms with Crippen LogP contribution in [0.15, 0.2) is 36.4 Å². The van der Waals surface area contributed by atoms with Crippen LogP contribution in [0.2, 0.25) is 5.02 Å². The van der Waals surface area contributed by atoms with Crippen molar-refractivity contribution in [1.29, 1.82) is 0 Å². The summed E-state index contributed by atoms with van der Waals surface area (Å²) >= 11 is 6.25. The molecule has 0 fully saturated rings. The van der Waals surface area contributed by atoms with Gasteiger partial charge in [0.15, 0.2) is 0 Å². The van der Waals surface area contributed by atoms with Crippen molar-refractivity contribution in [2.45, 2.75) is 32.6 Å². The molecule has 0 saturated heterocycles. The third-order valence-electron chi connectivity index (χ3n) is 4.15. The number of benzene rings is 2. The van der Waals surface area contributed by atoms with Crippen molar-refractivity contribution in [3.63, 3.8) is 0 Å². The van der Waals surface area contributed by atoms with E-state index in [0.29, 0.717) is 10.8 Å². The Labute approximate surface area is 145 Å². The van der Waals surface area contributed by atoms with Gasteiger partial charge in [0.2, 0.25) is 5.91 Å². The molecule has 1 aliphatic rings. The minimum atomic E-state index is -0.339. The molecule has 24 heavy (non-hydrogen) atoms. The Morgan fingerprint density at radius 3 is 2.83 bits per heavy atom. The molecule has 1 atom stereocenters. The lowest BCUT2D eigenvalue weighted by Gasteiger charge is -2.25. The quantitative estimate of drug-likeness (QED) is 0.664. The normalized spacial score (nSPS) is 16.3. The molecular weight excluding hydrogens is 326 g/mol. The largest absolute Gasteiger partial charge is 0.426 e. The van der Waals surface area contributed by atoms with Crippen molar-refractivity contribution < 1.29 is 14.3 Å². The van der Waals surface area contributed by atoms with Gasteiger partial charge in [-0.25, -0.2) is 0 Å². The molecule has 1 amide bonds. The zero-order valence-electron chi connectivity index (χ0n) is 13.6. The lowest BCUT2D eigenvalue weighted by molar-refractivity contribution is -0.136. The number of anilines is 1. The highest BCUT2D eigenvalue weighted by Crippen LogP contribution is 2.40. The summed E-state index contributed by atoms with van der Waals surface area (Å²) in [7, 11) is 0. The molecule has 124 valence electrons. The van der Waals surface area contributed by atoms with E-state index < -0.39 is 0 Å². The Kier molecular flexibility index (Phi) is 4.58. The fraction of sp³-hybridized carbons (Fsp3) is 0.263. The van der Waals surface area contributed by atoms with Gasteiger partial charge in [-0.15, -0.1) is 0 Å². The fourth-order valence-electron chi connectivity index (χ4n) is 3.02. The molecule has 1 aliphatic heterocycles. The van der Waals surface area contributed by atoms with Crippen molar-refractivity contribution in [3.8, 4) is 5.75 Å². The summed E-state index contributed by atoms with van der Waals surface area (Å²) in [4.78, 5) is 24.2. The second kappa shape index (κ2) is 6.65. The molecule has 5 heteroatoms. The van der Waals surface area contributed by atoms with Crippen molar-refractivity contribution in [1.82, 2.24) is 0 Å². The maximum absolute atomic E-state index is 12.4. The monoisotopic (exact) mass is 343 g/mol. The van der Waals surface area contributed by atoms with Gasteiger partial charge >= 0.3 is 5.97 Å². The van der Waals surface area contributed by atoms with Crippen LogP contribution in [-0.2, 0) is 9.59 Å². The molecule has 0 saturated carbocycles. The maximum Gasteiger partial charge on any atom is 0.311 e. The van der Waals surface area contributed by atoms with Crippen LogP contribution in [0.5, 0.6) is 5.75 Å². The van der Waals surface area contributed by atoms with Crippen molar-refractivity contribution in [3.05, 3.63) is 58.1 Å². The summed E-state index contributed by atoms with van der Waals surface area (Å²) in [5, 5.41) is 3.43. The van der Waals surface area contributed by atoms with Crippen molar-refractivity contribution in [2.75, 3.05) is 5.32 Å². The second-order valence-corrected chi connectivity index (χ2v) is 6.50. The number of hydrogen-bond acceptors (Lipinski definition) is 3. The number of aryl methyl sites for hydroxylation is 2. The molecule has 2 aromatic rings. The first-order valence-electron chi connectivity index (χ1n) is 7.80. The number of nitrogens with one attached hydrogen (secondary N) is 1. The van der Waals surface area contributed by atoms with Gasteiger partial charge in [0.1, 0.15) is 5.75 Å². The molecule has 0 unspecified atom stereocenters. The van der Waals surface area contributed by atoms with Crippen LogP contribution >= 0.6 is 11.6 Å². The van der Waals surface area contributed by atoms with Crippen LogP contribution in [0.25, 0.3) is 0 Å². The summed E-state index contributed by atoms with van der Waals surface area (Å²) in [6, 6.07) is 11.0. The Balaban J connectivity index is 1.79. The molecule has 0 bridgehead atoms. The molecule has 0 aliphatic carbocycles. The highest BCUT2D eigenvalue weighted by atomic mass is 35.5. The van der Waals surface area contributed by atoms with Gasteiger partial charge in [-0.05, 0) is 37.6 Å². The molecule has 0 spiro atoms. The summed E-state index contributed by atoms with van der Waals surface area (Å²) in [5.41, 5.74) is 3.66. The van der Waals surface area contributed by atoms with Gasteiger partial charge < -0.3 is 10.1 Å². The van der Waals surface area contributed by atoms with Crippen molar-refractivity contribution in [2.24, 2.45) is 0 Å². The number of esters is 1. The van der Waals surface area contributed by atoms with Crippen LogP contribution in [0.4, 0.5) is 5.69 Å². The molecule has 1 heterocycles. The highest BCUT2D eigenvalue weighted by Gasteiger charge is 2.30. The first-order valence-corrected chi connectivity index (χ1v) is 8.18. The number of halogens is 1. The molecule has 0 radical (unpaired) electrons. The Hall–Kier alpha value is -2.33. The maximum atomic E-state index is 12.4. The third-order valence-corrected chi connectivity index (χ3v) is 4.48. The predicted octanol–water partition coefficient (Wildman–Crippen LogP) is 4.38. The predicted molar refractivity (Wildman–Crippen MR) is 93.6 cm³/mol. The number of rotatable bonds is 3. The van der Waals surface area contributed by atoms with Crippen LogP contribution in [0.1, 0.15) is 35.4 Å². The van der Waals surface area contributed by atoms with E-state index in [-0.39, 0.29) is 30.6 Å². The average Bonchev–Trinajstić information content (AvgIpc) is 2.49. The first-order chi connectivity index (χ1) is 11.4. The minimum Gasteiger partial charge on any atom is -0.426 e. The topological polar surface area (TPSA) is 55.4 Å². The number of ether oxygens (including phenoxy) is 1. The fourth-order valence-corrected chi connectivity index (χ4v) is 3.34. The molecule has 0 aromatic heterocycles. The van der Waals surface area contributed by atoms with E-state index >= 15 is 0 Å². The van der Waals surface area contributed by atoms with E-state index in [0.717, 1.165) is 22.4 Å². The van der Waals surface area contributed by atoms with E-state index in [1.807, 2.05) is 32.0 Å². The molecule has 4 nitrogen and oxygen atoms in total. The SMILES string of the molecule is Cc1ccc(NC(=O)C[C@H]2CC(=O)Oc3cccc(Cl)c32)c(C)c1. The third kappa shape index (κ3) is 3.44. The van der Waals surface area contributed by atoms with E-state index in [1.165, 1.54) is 0 Å². The van der Waals surface area contributed by atoms with Gasteiger partial charge in [-0.1, -0.05) is 35.4 Å². The Bertz CT molecular complexity index is 816. The van der Waals surface area contributed by atoms with Crippen LogP contribution < -0.4 is 10.1 Å². The van der Waals surface area contributed by atoms with Gasteiger partial charge in [-0.2, -0.15) is 0 Å². The number of hydrogen-bond donors (Lipinski definition) is 1. The average molecular weight is 344 g/mol. The van der Waals surface area contributed by atoms with E-state index in [2.05, 4.69) is 5.32 Å². The Morgan fingerprint density at radius 1 is 1.29 bits per heavy atom. The van der Waals surface area contributed by atoms with Gasteiger partial charge in [0, 0.05) is 28.6 Å². The number of carbonyl (C=O) groups excluding carboxylic acids is 2. The van der Waals surface area contributed by atoms with Crippen LogP contribution in [0, 0.1) is 13.8 Å². The first kappa shape index (κ1) is 16.5. The summed E-state index contributed by atoms with van der Waals surface area (Å²) in [5.74, 6) is -0.314. The lowest BCUT2D eigenvalue weighted by atomic mass is 9.89. The summed E-state index contributed by atoms with van der Waals surface area (Å²) in [6.45, 7) is 3.96. The number of amides is 1. The molecule has 1 N–H and O–H groups in total. The Morgan fingerprint density at radius 2 is 2.08 bits per heavy atom. The zero-order chi connectivity index (χ0) is 17.3. The summed E-state index contributed by atoms with van der Waals surface area (Å²) < 4.78 is 5.22. The van der Waals surface area contributed by atoms with Crippen LogP contribution in [-0.4, -0.2) is 11.9 Å². The number of carbonyl (C=O) groups is 2. The van der Waals surface area contributed by atoms with E-state index in [9.17, 15) is 9.59 Å². The van der Waals surface area contributed by atoms with Gasteiger partial charge in [-0.3, -0.25) is 9.59 Å². The summed E-state index contributed by atoms with van der Waals surface area (Å²) in [6.07, 6.45) is 0.330. The molecule has 3 rings (SSSR count). The van der Waals surface area contributed by atoms with Crippen LogP contribution in [0.3, 0.4) is 0 Å². The smallest absolute Gasteiger partial charge is 0.311 e. The molecule has 2 aromatic carbocycles. The molecular formula is C19H18ClNO3. The number of fused-ring (bicyclic) bond motifs is 1. The highest BCUT2D eigenvalue weighted by molar-refractivity contribution is 6.31.